The second-order valence-electron chi connectivity index (χ2n) is 6.62. The first-order valence-corrected chi connectivity index (χ1v) is 9.91. The molecule has 0 unspecified atom stereocenters. The van der Waals surface area contributed by atoms with Gasteiger partial charge in [-0.3, -0.25) is 14.1 Å². The Morgan fingerprint density at radius 1 is 1.28 bits per heavy atom. The van der Waals surface area contributed by atoms with Gasteiger partial charge in [-0.25, -0.2) is 4.98 Å². The molecule has 1 amide bonds. The van der Waals surface area contributed by atoms with Crippen LogP contribution in [0.25, 0.3) is 0 Å². The molecule has 0 spiro atoms. The van der Waals surface area contributed by atoms with Gasteiger partial charge in [0.15, 0.2) is 0 Å². The number of aromatic nitrogens is 1. The summed E-state index contributed by atoms with van der Waals surface area (Å²) in [6.45, 7) is 5.53. The van der Waals surface area contributed by atoms with Gasteiger partial charge in [-0.05, 0) is 24.1 Å². The fraction of sp³-hybridized carbons (Fsp3) is 0.375. The van der Waals surface area contributed by atoms with E-state index in [-0.39, 0.29) is 17.6 Å². The summed E-state index contributed by atoms with van der Waals surface area (Å²) in [4.78, 5) is 16.6. The highest BCUT2D eigenvalue weighted by atomic mass is 32.2. The van der Waals surface area contributed by atoms with Crippen molar-refractivity contribution in [2.45, 2.75) is 33.2 Å². The summed E-state index contributed by atoms with van der Waals surface area (Å²) in [6, 6.07) is 6.29. The Labute approximate surface area is 151 Å². The third-order valence-electron chi connectivity index (χ3n) is 3.38. The lowest BCUT2D eigenvalue weighted by Crippen LogP contribution is -2.38. The first-order valence-electron chi connectivity index (χ1n) is 7.59. The number of hydrogen-bond acceptors (Lipinski definition) is 5. The molecular formula is C16H21N3O4S2. The van der Waals surface area contributed by atoms with E-state index in [4.69, 9.17) is 4.55 Å². The van der Waals surface area contributed by atoms with Crippen molar-refractivity contribution in [2.75, 3.05) is 4.72 Å². The number of anilines is 1. The average Bonchev–Trinajstić information content (AvgIpc) is 3.00. The standard InChI is InChI=1S/C16H21N3O4S2/c1-16(2,3)15(20)18-13(14-17-8-9-24-14)10-11-4-6-12(7-5-11)19-25(21,22)23/h4-9,13,19H,10H2,1-3H3,(H,18,20)(H,21,22,23)/t13-/m0/s1. The Morgan fingerprint density at radius 2 is 1.92 bits per heavy atom. The lowest BCUT2D eigenvalue weighted by molar-refractivity contribution is -0.129. The number of amides is 1. The Kier molecular flexibility index (Phi) is 5.81. The summed E-state index contributed by atoms with van der Waals surface area (Å²) in [5.41, 5.74) is 0.643. The van der Waals surface area contributed by atoms with Crippen molar-refractivity contribution < 1.29 is 17.8 Å². The van der Waals surface area contributed by atoms with E-state index in [1.54, 1.807) is 30.5 Å². The Balaban J connectivity index is 2.15. The number of hydrogen-bond donors (Lipinski definition) is 3. The smallest absolute Gasteiger partial charge is 0.346 e. The molecule has 1 aromatic heterocycles. The molecule has 7 nitrogen and oxygen atoms in total. The third kappa shape index (κ3) is 6.11. The summed E-state index contributed by atoms with van der Waals surface area (Å²) in [7, 11) is -4.30. The van der Waals surface area contributed by atoms with Crippen LogP contribution in [0.2, 0.25) is 0 Å². The minimum absolute atomic E-state index is 0.0719. The highest BCUT2D eigenvalue weighted by molar-refractivity contribution is 7.87. The van der Waals surface area contributed by atoms with Gasteiger partial charge in [0.05, 0.1) is 11.7 Å². The molecular weight excluding hydrogens is 362 g/mol. The molecule has 0 aliphatic heterocycles. The van der Waals surface area contributed by atoms with E-state index in [9.17, 15) is 13.2 Å². The lowest BCUT2D eigenvalue weighted by atomic mass is 9.94. The van der Waals surface area contributed by atoms with Crippen molar-refractivity contribution in [3.63, 3.8) is 0 Å². The van der Waals surface area contributed by atoms with Crippen molar-refractivity contribution in [1.29, 1.82) is 0 Å². The Morgan fingerprint density at radius 3 is 2.40 bits per heavy atom. The summed E-state index contributed by atoms with van der Waals surface area (Å²) >= 11 is 1.46. The van der Waals surface area contributed by atoms with Gasteiger partial charge in [0, 0.05) is 17.0 Å². The van der Waals surface area contributed by atoms with Crippen LogP contribution in [-0.4, -0.2) is 23.9 Å². The first-order chi connectivity index (χ1) is 11.5. The second-order valence-corrected chi connectivity index (χ2v) is 8.70. The van der Waals surface area contributed by atoms with Gasteiger partial charge < -0.3 is 5.32 Å². The van der Waals surface area contributed by atoms with Gasteiger partial charge in [-0.2, -0.15) is 8.42 Å². The van der Waals surface area contributed by atoms with Crippen LogP contribution in [0.5, 0.6) is 0 Å². The van der Waals surface area contributed by atoms with E-state index in [0.29, 0.717) is 6.42 Å². The molecule has 0 fully saturated rings. The van der Waals surface area contributed by atoms with Gasteiger partial charge in [-0.15, -0.1) is 11.3 Å². The minimum Gasteiger partial charge on any atom is -0.346 e. The van der Waals surface area contributed by atoms with Gasteiger partial charge >= 0.3 is 10.3 Å². The zero-order valence-corrected chi connectivity index (χ0v) is 15.8. The molecule has 0 aliphatic carbocycles. The average molecular weight is 383 g/mol. The van der Waals surface area contributed by atoms with E-state index in [0.717, 1.165) is 10.6 Å². The van der Waals surface area contributed by atoms with Crippen molar-refractivity contribution >= 4 is 33.2 Å². The van der Waals surface area contributed by atoms with Crippen LogP contribution in [0.4, 0.5) is 5.69 Å². The highest BCUT2D eigenvalue weighted by Gasteiger charge is 2.26. The number of benzene rings is 1. The van der Waals surface area contributed by atoms with Crippen molar-refractivity contribution in [2.24, 2.45) is 5.41 Å². The topological polar surface area (TPSA) is 108 Å². The van der Waals surface area contributed by atoms with Crippen LogP contribution >= 0.6 is 11.3 Å². The van der Waals surface area contributed by atoms with Crippen molar-refractivity contribution in [3.8, 4) is 0 Å². The molecule has 2 rings (SSSR count). The summed E-state index contributed by atoms with van der Waals surface area (Å²) < 4.78 is 32.4. The fourth-order valence-electron chi connectivity index (χ4n) is 2.07. The third-order valence-corrected chi connectivity index (χ3v) is 4.76. The molecule has 136 valence electrons. The molecule has 2 aromatic rings. The van der Waals surface area contributed by atoms with Crippen LogP contribution in [0.3, 0.4) is 0 Å². The molecule has 3 N–H and O–H groups in total. The number of thiazole rings is 1. The molecule has 1 heterocycles. The van der Waals surface area contributed by atoms with E-state index >= 15 is 0 Å². The van der Waals surface area contributed by atoms with Gasteiger partial charge in [0.25, 0.3) is 0 Å². The maximum atomic E-state index is 12.3. The number of nitrogens with zero attached hydrogens (tertiary/aromatic N) is 1. The maximum absolute atomic E-state index is 12.3. The molecule has 0 aliphatic rings. The van der Waals surface area contributed by atoms with Gasteiger partial charge in [-0.1, -0.05) is 32.9 Å². The van der Waals surface area contributed by atoms with E-state index in [1.807, 2.05) is 30.9 Å². The van der Waals surface area contributed by atoms with Crippen molar-refractivity contribution in [1.82, 2.24) is 10.3 Å². The number of rotatable bonds is 6. The van der Waals surface area contributed by atoms with E-state index in [1.165, 1.54) is 11.3 Å². The van der Waals surface area contributed by atoms with E-state index < -0.39 is 15.7 Å². The Bertz CT molecular complexity index is 810. The molecule has 0 saturated heterocycles. The van der Waals surface area contributed by atoms with Gasteiger partial charge in [0.1, 0.15) is 5.01 Å². The molecule has 1 aromatic carbocycles. The molecule has 0 bridgehead atoms. The Hall–Kier alpha value is -1.97. The maximum Gasteiger partial charge on any atom is 0.357 e. The van der Waals surface area contributed by atoms with Crippen LogP contribution in [0.15, 0.2) is 35.8 Å². The monoisotopic (exact) mass is 383 g/mol. The zero-order chi connectivity index (χ0) is 18.7. The lowest BCUT2D eigenvalue weighted by Gasteiger charge is -2.23. The van der Waals surface area contributed by atoms with Crippen LogP contribution in [0, 0.1) is 5.41 Å². The number of nitrogens with one attached hydrogen (secondary N) is 2. The molecule has 1 atom stereocenters. The molecule has 0 saturated carbocycles. The SMILES string of the molecule is CC(C)(C)C(=O)N[C@@H](Cc1ccc(NS(=O)(=O)O)cc1)c1nccs1. The summed E-state index contributed by atoms with van der Waals surface area (Å²) in [5.74, 6) is -0.0719. The summed E-state index contributed by atoms with van der Waals surface area (Å²) in [6.07, 6.45) is 2.21. The normalized spacial score (nSPS) is 13.3. The van der Waals surface area contributed by atoms with Crippen LogP contribution in [-0.2, 0) is 21.5 Å². The highest BCUT2D eigenvalue weighted by Crippen LogP contribution is 2.24. The zero-order valence-electron chi connectivity index (χ0n) is 14.2. The number of carbonyl (C=O) groups excluding carboxylic acids is 1. The van der Waals surface area contributed by atoms with Crippen LogP contribution < -0.4 is 10.0 Å². The minimum atomic E-state index is -4.30. The van der Waals surface area contributed by atoms with E-state index in [2.05, 4.69) is 10.3 Å². The fourth-order valence-corrected chi connectivity index (χ4v) is 3.20. The molecule has 25 heavy (non-hydrogen) atoms. The largest absolute Gasteiger partial charge is 0.357 e. The first kappa shape index (κ1) is 19.4. The quantitative estimate of drug-likeness (QED) is 0.665. The number of carbonyl (C=O) groups is 1. The predicted molar refractivity (Wildman–Crippen MR) is 97.8 cm³/mol. The van der Waals surface area contributed by atoms with Crippen LogP contribution in [0.1, 0.15) is 37.4 Å². The second kappa shape index (κ2) is 7.51. The van der Waals surface area contributed by atoms with Gasteiger partial charge in [0.2, 0.25) is 5.91 Å². The molecule has 0 radical (unpaired) electrons. The van der Waals surface area contributed by atoms with Crippen molar-refractivity contribution in [3.05, 3.63) is 46.4 Å². The summed E-state index contributed by atoms with van der Waals surface area (Å²) in [5, 5.41) is 5.67. The molecule has 9 heteroatoms. The predicted octanol–water partition coefficient (Wildman–Crippen LogP) is 2.80.